The molecule has 1 aromatic rings. The number of hydrogen-bond acceptors (Lipinski definition) is 1. The Morgan fingerprint density at radius 1 is 1.25 bits per heavy atom. The highest BCUT2D eigenvalue weighted by Crippen LogP contribution is 2.41. The summed E-state index contributed by atoms with van der Waals surface area (Å²) in [7, 11) is -2.29. The zero-order chi connectivity index (χ0) is 11.9. The van der Waals surface area contributed by atoms with Crippen LogP contribution in [0, 0.1) is 0 Å². The molecule has 1 aromatic carbocycles. The van der Waals surface area contributed by atoms with E-state index in [1.54, 1.807) is 0 Å². The summed E-state index contributed by atoms with van der Waals surface area (Å²) >= 11 is 3.40. The van der Waals surface area contributed by atoms with E-state index in [0.29, 0.717) is 0 Å². The lowest BCUT2D eigenvalue weighted by molar-refractivity contribution is 0.590. The van der Waals surface area contributed by atoms with E-state index >= 15 is 0 Å². The van der Waals surface area contributed by atoms with Crippen molar-refractivity contribution in [2.24, 2.45) is 0 Å². The van der Waals surface area contributed by atoms with Crippen LogP contribution in [-0.4, -0.2) is 12.0 Å². The van der Waals surface area contributed by atoms with Crippen molar-refractivity contribution >= 4 is 28.4 Å². The largest absolute Gasteiger partial charge is 0.315 e. The van der Waals surface area contributed by atoms with Gasteiger partial charge in [-0.05, 0) is 31.7 Å². The summed E-state index contributed by atoms with van der Waals surface area (Å²) in [6, 6.07) is 9.69. The Hall–Kier alpha value is -0.330. The van der Waals surface area contributed by atoms with Crippen molar-refractivity contribution in [3.05, 3.63) is 42.2 Å². The van der Waals surface area contributed by atoms with Gasteiger partial charge in [-0.3, -0.25) is 0 Å². The maximum Gasteiger partial charge on any atom is 0.133 e. The summed E-state index contributed by atoms with van der Waals surface area (Å²) in [5.74, 6) is 1.89. The molecule has 0 aliphatic heterocycles. The Balaban J connectivity index is 2.55. The van der Waals surface area contributed by atoms with E-state index < -0.39 is 7.14 Å². The Bertz CT molecular complexity index is 373. The molecule has 16 heavy (non-hydrogen) atoms. The van der Waals surface area contributed by atoms with Crippen molar-refractivity contribution in [3.63, 3.8) is 0 Å². The third kappa shape index (κ3) is 4.67. The molecule has 88 valence electrons. The van der Waals surface area contributed by atoms with Gasteiger partial charge in [0.1, 0.15) is 7.14 Å². The van der Waals surface area contributed by atoms with Crippen molar-refractivity contribution in [3.8, 4) is 0 Å². The Morgan fingerprint density at radius 2 is 1.94 bits per heavy atom. The van der Waals surface area contributed by atoms with Gasteiger partial charge in [-0.2, -0.15) is 0 Å². The molecule has 0 amide bonds. The molecule has 0 saturated carbocycles. The van der Waals surface area contributed by atoms with Gasteiger partial charge in [0.15, 0.2) is 0 Å². The van der Waals surface area contributed by atoms with Gasteiger partial charge < -0.3 is 4.57 Å². The molecular weight excluding hydrogens is 283 g/mol. The molecule has 0 unspecified atom stereocenters. The molecule has 0 radical (unpaired) electrons. The van der Waals surface area contributed by atoms with E-state index in [4.69, 9.17) is 0 Å². The Kier molecular flexibility index (Phi) is 6.08. The monoisotopic (exact) mass is 300 g/mol. The van der Waals surface area contributed by atoms with Crippen LogP contribution in [0.4, 0.5) is 0 Å². The molecule has 0 bridgehead atoms. The van der Waals surface area contributed by atoms with Crippen molar-refractivity contribution in [1.82, 2.24) is 0 Å². The van der Waals surface area contributed by atoms with Crippen LogP contribution in [0.25, 0.3) is 0 Å². The maximum absolute atomic E-state index is 12.4. The zero-order valence-corrected chi connectivity index (χ0v) is 12.1. The standard InChI is InChI=1S/C13H18BrOP/c1-16(15,12-8-3-2-7-11-14)13-9-5-4-6-10-13/h4-6,8-10,12H,2-3,7,11H2,1H3/b12-8+/t16-/m0/s1. The van der Waals surface area contributed by atoms with Crippen molar-refractivity contribution in [2.75, 3.05) is 12.0 Å². The minimum Gasteiger partial charge on any atom is -0.315 e. The van der Waals surface area contributed by atoms with Gasteiger partial charge in [0.05, 0.1) is 0 Å². The first kappa shape index (κ1) is 13.7. The van der Waals surface area contributed by atoms with E-state index in [1.165, 1.54) is 6.42 Å². The van der Waals surface area contributed by atoms with Crippen molar-refractivity contribution in [1.29, 1.82) is 0 Å². The number of halogens is 1. The molecule has 0 aromatic heterocycles. The fourth-order valence-corrected chi connectivity index (χ4v) is 3.33. The summed E-state index contributed by atoms with van der Waals surface area (Å²) in [6.45, 7) is 1.82. The van der Waals surface area contributed by atoms with Crippen LogP contribution in [-0.2, 0) is 4.57 Å². The minimum absolute atomic E-state index is 0.937. The van der Waals surface area contributed by atoms with Crippen molar-refractivity contribution < 1.29 is 4.57 Å². The fraction of sp³-hybridized carbons (Fsp3) is 0.385. The molecule has 0 fully saturated rings. The normalized spacial score (nSPS) is 15.1. The van der Waals surface area contributed by atoms with Gasteiger partial charge in [-0.25, -0.2) is 0 Å². The lowest BCUT2D eigenvalue weighted by Gasteiger charge is -2.07. The average molecular weight is 301 g/mol. The quantitative estimate of drug-likeness (QED) is 0.433. The van der Waals surface area contributed by atoms with E-state index in [9.17, 15) is 4.57 Å². The first-order valence-electron chi connectivity index (χ1n) is 5.53. The van der Waals surface area contributed by atoms with Gasteiger partial charge in [-0.1, -0.05) is 52.3 Å². The summed E-state index contributed by atoms with van der Waals surface area (Å²) in [4.78, 5) is 0. The second-order valence-electron chi connectivity index (χ2n) is 3.90. The zero-order valence-electron chi connectivity index (χ0n) is 9.60. The summed E-state index contributed by atoms with van der Waals surface area (Å²) < 4.78 is 12.4. The predicted molar refractivity (Wildman–Crippen MR) is 76.4 cm³/mol. The van der Waals surface area contributed by atoms with Gasteiger partial charge >= 0.3 is 0 Å². The highest BCUT2D eigenvalue weighted by molar-refractivity contribution is 9.09. The molecule has 0 aliphatic rings. The maximum atomic E-state index is 12.4. The summed E-state index contributed by atoms with van der Waals surface area (Å²) in [5.41, 5.74) is 0. The van der Waals surface area contributed by atoms with Crippen LogP contribution in [0.15, 0.2) is 42.2 Å². The third-order valence-electron chi connectivity index (χ3n) is 2.41. The number of hydrogen-bond donors (Lipinski definition) is 0. The molecule has 1 atom stereocenters. The first-order valence-corrected chi connectivity index (χ1v) is 8.88. The minimum atomic E-state index is -2.29. The molecule has 1 nitrogen and oxygen atoms in total. The highest BCUT2D eigenvalue weighted by atomic mass is 79.9. The molecule has 0 aliphatic carbocycles. The SMILES string of the molecule is C[P@](=O)(/C=C/CCCCBr)c1ccccc1. The summed E-state index contributed by atoms with van der Waals surface area (Å²) in [5, 5.41) is 1.98. The van der Waals surface area contributed by atoms with Gasteiger partial charge in [-0.15, -0.1) is 0 Å². The van der Waals surface area contributed by atoms with Crippen molar-refractivity contribution in [2.45, 2.75) is 19.3 Å². The molecule has 0 spiro atoms. The molecular formula is C13H18BrOP. The second kappa shape index (κ2) is 7.09. The number of unbranched alkanes of at least 4 members (excludes halogenated alkanes) is 2. The van der Waals surface area contributed by atoms with Crippen LogP contribution in [0.3, 0.4) is 0 Å². The second-order valence-corrected chi connectivity index (χ2v) is 7.48. The molecule has 0 heterocycles. The number of alkyl halides is 1. The number of allylic oxidation sites excluding steroid dienone is 1. The van der Waals surface area contributed by atoms with E-state index in [1.807, 2.05) is 42.8 Å². The topological polar surface area (TPSA) is 17.1 Å². The van der Waals surface area contributed by atoms with Crippen LogP contribution in [0.5, 0.6) is 0 Å². The number of benzene rings is 1. The van der Waals surface area contributed by atoms with Crippen LogP contribution in [0.1, 0.15) is 19.3 Å². The lowest BCUT2D eigenvalue weighted by Crippen LogP contribution is -1.99. The molecule has 0 saturated heterocycles. The smallest absolute Gasteiger partial charge is 0.133 e. The van der Waals surface area contributed by atoms with E-state index in [-0.39, 0.29) is 0 Å². The Labute approximate surface area is 106 Å². The van der Waals surface area contributed by atoms with E-state index in [2.05, 4.69) is 22.0 Å². The van der Waals surface area contributed by atoms with Crippen LogP contribution < -0.4 is 5.30 Å². The van der Waals surface area contributed by atoms with Gasteiger partial charge in [0, 0.05) is 10.6 Å². The average Bonchev–Trinajstić information content (AvgIpc) is 2.30. The van der Waals surface area contributed by atoms with E-state index in [0.717, 1.165) is 23.5 Å². The fourth-order valence-electron chi connectivity index (χ4n) is 1.44. The van der Waals surface area contributed by atoms with Gasteiger partial charge in [0.25, 0.3) is 0 Å². The molecule has 3 heteroatoms. The molecule has 1 rings (SSSR count). The van der Waals surface area contributed by atoms with Gasteiger partial charge in [0.2, 0.25) is 0 Å². The summed E-state index contributed by atoms with van der Waals surface area (Å²) in [6.07, 6.45) is 5.38. The predicted octanol–water partition coefficient (Wildman–Crippen LogP) is 4.38. The number of rotatable bonds is 6. The van der Waals surface area contributed by atoms with Crippen LogP contribution in [0.2, 0.25) is 0 Å². The third-order valence-corrected chi connectivity index (χ3v) is 5.08. The molecule has 0 N–H and O–H groups in total. The van der Waals surface area contributed by atoms with Crippen LogP contribution >= 0.6 is 23.1 Å². The first-order chi connectivity index (χ1) is 7.67. The highest BCUT2D eigenvalue weighted by Gasteiger charge is 2.12. The Morgan fingerprint density at radius 3 is 2.56 bits per heavy atom. The lowest BCUT2D eigenvalue weighted by atomic mass is 10.2.